The maximum absolute atomic E-state index is 12.0. The summed E-state index contributed by atoms with van der Waals surface area (Å²) in [6.07, 6.45) is 0.0713. The molecule has 0 radical (unpaired) electrons. The number of carbonyl (C=O) groups is 1. The van der Waals surface area contributed by atoms with Gasteiger partial charge in [0, 0.05) is 16.6 Å². The Labute approximate surface area is 160 Å². The number of halogens is 2. The molecule has 0 atom stereocenters. The fourth-order valence-electron chi connectivity index (χ4n) is 2.20. The van der Waals surface area contributed by atoms with Gasteiger partial charge in [-0.1, -0.05) is 41.4 Å². The first kappa shape index (κ1) is 18.2. The summed E-state index contributed by atoms with van der Waals surface area (Å²) in [7, 11) is 0. The van der Waals surface area contributed by atoms with Gasteiger partial charge in [0.05, 0.1) is 6.42 Å². The first-order valence-electron chi connectivity index (χ1n) is 7.89. The lowest BCUT2D eigenvalue weighted by molar-refractivity contribution is -0.120. The zero-order chi connectivity index (χ0) is 18.4. The van der Waals surface area contributed by atoms with Gasteiger partial charge in [-0.25, -0.2) is 4.98 Å². The van der Waals surface area contributed by atoms with Gasteiger partial charge >= 0.3 is 0 Å². The number of ether oxygens (including phenoxy) is 1. The van der Waals surface area contributed by atoms with Gasteiger partial charge in [0.2, 0.25) is 5.91 Å². The van der Waals surface area contributed by atoms with Crippen molar-refractivity contribution in [3.05, 3.63) is 75.8 Å². The lowest BCUT2D eigenvalue weighted by Gasteiger charge is -2.05. The normalized spacial score (nSPS) is 10.5. The number of H-pyrrole nitrogens is 1. The highest BCUT2D eigenvalue weighted by atomic mass is 35.5. The van der Waals surface area contributed by atoms with Crippen LogP contribution in [0.4, 0.5) is 0 Å². The second-order valence-electron chi connectivity index (χ2n) is 5.49. The molecule has 0 aliphatic heterocycles. The third-order valence-corrected chi connectivity index (χ3v) is 4.14. The van der Waals surface area contributed by atoms with Crippen molar-refractivity contribution in [2.75, 3.05) is 0 Å². The first-order chi connectivity index (χ1) is 12.6. The number of aromatic nitrogens is 3. The Morgan fingerprint density at radius 2 is 1.88 bits per heavy atom. The fraction of sp³-hybridized carbons (Fsp3) is 0.167. The average molecular weight is 391 g/mol. The van der Waals surface area contributed by atoms with Gasteiger partial charge in [0.1, 0.15) is 12.4 Å². The number of benzene rings is 2. The van der Waals surface area contributed by atoms with E-state index in [1.165, 1.54) is 0 Å². The van der Waals surface area contributed by atoms with E-state index < -0.39 is 0 Å². The molecule has 0 fully saturated rings. The third-order valence-electron chi connectivity index (χ3n) is 3.52. The Bertz CT molecular complexity index is 881. The van der Waals surface area contributed by atoms with Crippen molar-refractivity contribution in [1.82, 2.24) is 20.5 Å². The van der Waals surface area contributed by atoms with Crippen LogP contribution in [0.1, 0.15) is 17.2 Å². The largest absolute Gasteiger partial charge is 0.486 e. The summed E-state index contributed by atoms with van der Waals surface area (Å²) in [6.45, 7) is 0.575. The van der Waals surface area contributed by atoms with E-state index in [1.54, 1.807) is 30.3 Å². The monoisotopic (exact) mass is 390 g/mol. The highest BCUT2D eigenvalue weighted by molar-refractivity contribution is 6.31. The molecule has 0 saturated carbocycles. The van der Waals surface area contributed by atoms with Crippen molar-refractivity contribution in [1.29, 1.82) is 0 Å². The number of amides is 1. The molecule has 26 heavy (non-hydrogen) atoms. The van der Waals surface area contributed by atoms with Gasteiger partial charge < -0.3 is 10.1 Å². The molecule has 2 N–H and O–H groups in total. The van der Waals surface area contributed by atoms with Crippen LogP contribution < -0.4 is 10.1 Å². The summed E-state index contributed by atoms with van der Waals surface area (Å²) in [5.74, 6) is 1.42. The third kappa shape index (κ3) is 5.21. The van der Waals surface area contributed by atoms with Crippen LogP contribution in [0.25, 0.3) is 0 Å². The smallest absolute Gasteiger partial charge is 0.228 e. The zero-order valence-corrected chi connectivity index (χ0v) is 15.2. The Morgan fingerprint density at radius 1 is 1.12 bits per heavy atom. The molecule has 0 saturated heterocycles. The molecule has 0 unspecified atom stereocenters. The maximum atomic E-state index is 12.0. The Kier molecular flexibility index (Phi) is 6.09. The molecule has 0 aliphatic rings. The van der Waals surface area contributed by atoms with Crippen LogP contribution in [-0.4, -0.2) is 21.1 Å². The molecule has 6 nitrogen and oxygen atoms in total. The van der Waals surface area contributed by atoms with Gasteiger partial charge in [-0.3, -0.25) is 9.89 Å². The van der Waals surface area contributed by atoms with Crippen molar-refractivity contribution >= 4 is 29.1 Å². The second kappa shape index (κ2) is 8.69. The lowest BCUT2D eigenvalue weighted by atomic mass is 10.2. The van der Waals surface area contributed by atoms with E-state index in [1.807, 2.05) is 18.2 Å². The van der Waals surface area contributed by atoms with Crippen LogP contribution in [0.2, 0.25) is 10.0 Å². The fourth-order valence-corrected chi connectivity index (χ4v) is 2.53. The summed E-state index contributed by atoms with van der Waals surface area (Å²) in [5.41, 5.74) is 0.856. The molecule has 1 aromatic heterocycles. The van der Waals surface area contributed by atoms with Crippen molar-refractivity contribution < 1.29 is 9.53 Å². The molecular formula is C18H16Cl2N4O2. The van der Waals surface area contributed by atoms with Crippen molar-refractivity contribution in [3.8, 4) is 5.75 Å². The molecular weight excluding hydrogens is 375 g/mol. The average Bonchev–Trinajstić information content (AvgIpc) is 3.08. The van der Waals surface area contributed by atoms with Gasteiger partial charge in [-0.05, 0) is 35.9 Å². The van der Waals surface area contributed by atoms with Crippen molar-refractivity contribution in [2.24, 2.45) is 0 Å². The maximum Gasteiger partial charge on any atom is 0.228 e. The molecule has 8 heteroatoms. The van der Waals surface area contributed by atoms with E-state index in [2.05, 4.69) is 20.5 Å². The van der Waals surface area contributed by atoms with Crippen molar-refractivity contribution in [3.63, 3.8) is 0 Å². The van der Waals surface area contributed by atoms with Crippen molar-refractivity contribution in [2.45, 2.75) is 19.6 Å². The molecule has 134 valence electrons. The number of hydrogen-bond acceptors (Lipinski definition) is 4. The number of nitrogens with zero attached hydrogens (tertiary/aromatic N) is 2. The van der Waals surface area contributed by atoms with E-state index in [4.69, 9.17) is 27.9 Å². The summed E-state index contributed by atoms with van der Waals surface area (Å²) >= 11 is 11.9. The number of carbonyl (C=O) groups excluding carboxylic acids is 1. The standard InChI is InChI=1S/C18H16Cl2N4O2/c19-13-5-7-14(8-6-13)26-11-17-22-16(23-24-17)9-18(25)21-10-12-3-1-2-4-15(12)20/h1-8H,9-11H2,(H,21,25)(H,22,23,24). The molecule has 0 bridgehead atoms. The molecule has 3 aromatic rings. The molecule has 0 aliphatic carbocycles. The molecule has 2 aromatic carbocycles. The number of aromatic amines is 1. The van der Waals surface area contributed by atoms with Crippen LogP contribution >= 0.6 is 23.2 Å². The quantitative estimate of drug-likeness (QED) is 0.646. The molecule has 1 heterocycles. The zero-order valence-electron chi connectivity index (χ0n) is 13.7. The Morgan fingerprint density at radius 3 is 2.65 bits per heavy atom. The number of nitrogens with one attached hydrogen (secondary N) is 2. The highest BCUT2D eigenvalue weighted by Gasteiger charge is 2.10. The van der Waals surface area contributed by atoms with Crippen LogP contribution in [0.15, 0.2) is 48.5 Å². The molecule has 0 spiro atoms. The van der Waals surface area contributed by atoms with E-state index >= 15 is 0 Å². The predicted molar refractivity (Wildman–Crippen MR) is 99.2 cm³/mol. The van der Waals surface area contributed by atoms with E-state index in [9.17, 15) is 4.79 Å². The minimum atomic E-state index is -0.186. The topological polar surface area (TPSA) is 79.9 Å². The first-order valence-corrected chi connectivity index (χ1v) is 8.64. The van der Waals surface area contributed by atoms with Gasteiger partial charge in [0.25, 0.3) is 0 Å². The summed E-state index contributed by atoms with van der Waals surface area (Å²) < 4.78 is 5.58. The summed E-state index contributed by atoms with van der Waals surface area (Å²) in [6, 6.07) is 14.4. The SMILES string of the molecule is O=C(Cc1n[nH]c(COc2ccc(Cl)cc2)n1)NCc1ccccc1Cl. The molecule has 1 amide bonds. The summed E-state index contributed by atoms with van der Waals surface area (Å²) in [5, 5.41) is 10.9. The van der Waals surface area contributed by atoms with Crippen LogP contribution in [0.3, 0.4) is 0 Å². The lowest BCUT2D eigenvalue weighted by Crippen LogP contribution is -2.25. The van der Waals surface area contributed by atoms with E-state index in [0.717, 1.165) is 5.56 Å². The van der Waals surface area contributed by atoms with Crippen LogP contribution in [0.5, 0.6) is 5.75 Å². The Hall–Kier alpha value is -2.57. The predicted octanol–water partition coefficient (Wildman–Crippen LogP) is 3.55. The number of rotatable bonds is 7. The van der Waals surface area contributed by atoms with E-state index in [0.29, 0.717) is 34.0 Å². The minimum Gasteiger partial charge on any atom is -0.486 e. The summed E-state index contributed by atoms with van der Waals surface area (Å²) in [4.78, 5) is 16.3. The van der Waals surface area contributed by atoms with E-state index in [-0.39, 0.29) is 18.9 Å². The second-order valence-corrected chi connectivity index (χ2v) is 6.33. The molecule has 3 rings (SSSR count). The van der Waals surface area contributed by atoms with Crippen LogP contribution in [-0.2, 0) is 24.4 Å². The van der Waals surface area contributed by atoms with Gasteiger partial charge in [-0.15, -0.1) is 0 Å². The minimum absolute atomic E-state index is 0.0713. The Balaban J connectivity index is 1.47. The highest BCUT2D eigenvalue weighted by Crippen LogP contribution is 2.16. The van der Waals surface area contributed by atoms with Gasteiger partial charge in [-0.2, -0.15) is 5.10 Å². The van der Waals surface area contributed by atoms with Crippen LogP contribution in [0, 0.1) is 0 Å². The number of hydrogen-bond donors (Lipinski definition) is 2. The van der Waals surface area contributed by atoms with Gasteiger partial charge in [0.15, 0.2) is 11.6 Å².